The van der Waals surface area contributed by atoms with Crippen LogP contribution >= 0.6 is 27.5 Å². The van der Waals surface area contributed by atoms with Crippen LogP contribution in [-0.2, 0) is 11.2 Å². The summed E-state index contributed by atoms with van der Waals surface area (Å²) in [5, 5.41) is 3.37. The molecule has 0 atom stereocenters. The third-order valence-electron chi connectivity index (χ3n) is 2.57. The summed E-state index contributed by atoms with van der Waals surface area (Å²) in [5.41, 5.74) is 7.85. The van der Waals surface area contributed by atoms with Gasteiger partial charge in [0.15, 0.2) is 0 Å². The predicted molar refractivity (Wildman–Crippen MR) is 82.3 cm³/mol. The van der Waals surface area contributed by atoms with E-state index in [1.54, 1.807) is 30.3 Å². The van der Waals surface area contributed by atoms with Crippen molar-refractivity contribution in [1.29, 1.82) is 0 Å². The molecule has 2 rings (SSSR count). The number of nitrogen functional groups attached to an aromatic ring is 1. The summed E-state index contributed by atoms with van der Waals surface area (Å²) in [6.07, 6.45) is 0.291. The number of rotatable bonds is 3. The van der Waals surface area contributed by atoms with Gasteiger partial charge in [0.1, 0.15) is 0 Å². The van der Waals surface area contributed by atoms with Crippen molar-refractivity contribution in [1.82, 2.24) is 0 Å². The first-order valence-corrected chi connectivity index (χ1v) is 6.81. The molecule has 0 spiro atoms. The standard InChI is InChI=1S/C14H12BrClN2O/c15-14-11(16)2-1-3-12(14)18-13(19)8-9-4-6-10(17)7-5-9/h1-7H,8,17H2,(H,18,19). The number of benzene rings is 2. The van der Waals surface area contributed by atoms with E-state index < -0.39 is 0 Å². The Morgan fingerprint density at radius 3 is 2.58 bits per heavy atom. The van der Waals surface area contributed by atoms with Crippen LogP contribution in [0, 0.1) is 0 Å². The number of carbonyl (C=O) groups is 1. The maximum atomic E-state index is 11.9. The second-order valence-electron chi connectivity index (χ2n) is 4.07. The van der Waals surface area contributed by atoms with Gasteiger partial charge in [0.05, 0.1) is 21.6 Å². The van der Waals surface area contributed by atoms with Gasteiger partial charge >= 0.3 is 0 Å². The fourth-order valence-corrected chi connectivity index (χ4v) is 2.15. The Labute approximate surface area is 124 Å². The Hall–Kier alpha value is -1.52. The van der Waals surface area contributed by atoms with E-state index in [2.05, 4.69) is 21.2 Å². The summed E-state index contributed by atoms with van der Waals surface area (Å²) < 4.78 is 0.683. The molecule has 0 fully saturated rings. The molecule has 2 aromatic rings. The van der Waals surface area contributed by atoms with Crippen LogP contribution in [-0.4, -0.2) is 5.91 Å². The van der Waals surface area contributed by atoms with E-state index in [1.807, 2.05) is 12.1 Å². The highest BCUT2D eigenvalue weighted by atomic mass is 79.9. The van der Waals surface area contributed by atoms with E-state index in [9.17, 15) is 4.79 Å². The van der Waals surface area contributed by atoms with Crippen LogP contribution in [0.2, 0.25) is 5.02 Å². The Bertz CT molecular complexity index is 599. The lowest BCUT2D eigenvalue weighted by Gasteiger charge is -2.08. The molecule has 19 heavy (non-hydrogen) atoms. The normalized spacial score (nSPS) is 10.2. The van der Waals surface area contributed by atoms with Crippen molar-refractivity contribution in [3.8, 4) is 0 Å². The Morgan fingerprint density at radius 1 is 1.21 bits per heavy atom. The van der Waals surface area contributed by atoms with Gasteiger partial charge in [-0.05, 0) is 45.8 Å². The molecule has 98 valence electrons. The van der Waals surface area contributed by atoms with E-state index >= 15 is 0 Å². The molecule has 5 heteroatoms. The smallest absolute Gasteiger partial charge is 0.228 e. The van der Waals surface area contributed by atoms with Crippen molar-refractivity contribution in [2.24, 2.45) is 0 Å². The minimum Gasteiger partial charge on any atom is -0.399 e. The van der Waals surface area contributed by atoms with Gasteiger partial charge in [0, 0.05) is 5.69 Å². The van der Waals surface area contributed by atoms with Crippen LogP contribution < -0.4 is 11.1 Å². The number of amides is 1. The van der Waals surface area contributed by atoms with Crippen LogP contribution in [0.5, 0.6) is 0 Å². The largest absolute Gasteiger partial charge is 0.399 e. The average Bonchev–Trinajstić information content (AvgIpc) is 2.38. The third kappa shape index (κ3) is 3.72. The summed E-state index contributed by atoms with van der Waals surface area (Å²) in [7, 11) is 0. The summed E-state index contributed by atoms with van der Waals surface area (Å²) in [6.45, 7) is 0. The third-order valence-corrected chi connectivity index (χ3v) is 3.97. The van der Waals surface area contributed by atoms with Crippen LogP contribution in [0.1, 0.15) is 5.56 Å². The molecule has 0 unspecified atom stereocenters. The van der Waals surface area contributed by atoms with Crippen LogP contribution in [0.25, 0.3) is 0 Å². The maximum absolute atomic E-state index is 11.9. The second kappa shape index (κ2) is 6.08. The van der Waals surface area contributed by atoms with Gasteiger partial charge in [-0.3, -0.25) is 4.79 Å². The van der Waals surface area contributed by atoms with Gasteiger partial charge in [-0.15, -0.1) is 0 Å². The van der Waals surface area contributed by atoms with Crippen molar-refractivity contribution in [3.63, 3.8) is 0 Å². The maximum Gasteiger partial charge on any atom is 0.228 e. The van der Waals surface area contributed by atoms with E-state index in [-0.39, 0.29) is 5.91 Å². The van der Waals surface area contributed by atoms with Crippen molar-refractivity contribution in [2.75, 3.05) is 11.1 Å². The molecule has 3 N–H and O–H groups in total. The first-order valence-electron chi connectivity index (χ1n) is 5.64. The fourth-order valence-electron chi connectivity index (χ4n) is 1.62. The van der Waals surface area contributed by atoms with Crippen molar-refractivity contribution < 1.29 is 4.79 Å². The monoisotopic (exact) mass is 338 g/mol. The fraction of sp³-hybridized carbons (Fsp3) is 0.0714. The number of halogens is 2. The average molecular weight is 340 g/mol. The highest BCUT2D eigenvalue weighted by Gasteiger charge is 2.08. The van der Waals surface area contributed by atoms with Gasteiger partial charge in [-0.2, -0.15) is 0 Å². The molecule has 0 heterocycles. The summed E-state index contributed by atoms with van der Waals surface area (Å²) in [6, 6.07) is 12.5. The Balaban J connectivity index is 2.05. The highest BCUT2D eigenvalue weighted by molar-refractivity contribution is 9.10. The van der Waals surface area contributed by atoms with Gasteiger partial charge in [0.25, 0.3) is 0 Å². The molecule has 0 saturated heterocycles. The first kappa shape index (κ1) is 13.9. The zero-order chi connectivity index (χ0) is 13.8. The zero-order valence-electron chi connectivity index (χ0n) is 9.99. The minimum absolute atomic E-state index is 0.104. The lowest BCUT2D eigenvalue weighted by Crippen LogP contribution is -2.14. The molecule has 0 aromatic heterocycles. The van der Waals surface area contributed by atoms with Gasteiger partial charge in [0.2, 0.25) is 5.91 Å². The summed E-state index contributed by atoms with van der Waals surface area (Å²) in [5.74, 6) is -0.104. The topological polar surface area (TPSA) is 55.1 Å². The Morgan fingerprint density at radius 2 is 1.89 bits per heavy atom. The van der Waals surface area contributed by atoms with Gasteiger partial charge < -0.3 is 11.1 Å². The van der Waals surface area contributed by atoms with Gasteiger partial charge in [-0.25, -0.2) is 0 Å². The molecule has 0 aliphatic heterocycles. The summed E-state index contributed by atoms with van der Waals surface area (Å²) in [4.78, 5) is 11.9. The predicted octanol–water partition coefficient (Wildman–Crippen LogP) is 3.87. The molecule has 0 radical (unpaired) electrons. The Kier molecular flexibility index (Phi) is 4.45. The molecular weight excluding hydrogens is 328 g/mol. The first-order chi connectivity index (χ1) is 9.06. The summed E-state index contributed by atoms with van der Waals surface area (Å²) >= 11 is 9.30. The van der Waals surface area contributed by atoms with Crippen LogP contribution in [0.3, 0.4) is 0 Å². The lowest BCUT2D eigenvalue weighted by atomic mass is 10.1. The number of hydrogen-bond acceptors (Lipinski definition) is 2. The number of nitrogens with two attached hydrogens (primary N) is 1. The van der Waals surface area contributed by atoms with E-state index in [4.69, 9.17) is 17.3 Å². The lowest BCUT2D eigenvalue weighted by molar-refractivity contribution is -0.115. The highest BCUT2D eigenvalue weighted by Crippen LogP contribution is 2.30. The number of anilines is 2. The molecule has 0 aliphatic rings. The van der Waals surface area contributed by atoms with Crippen molar-refractivity contribution in [3.05, 3.63) is 57.5 Å². The van der Waals surface area contributed by atoms with E-state index in [0.717, 1.165) is 5.56 Å². The number of hydrogen-bond donors (Lipinski definition) is 2. The SMILES string of the molecule is Nc1ccc(CC(=O)Nc2cccc(Cl)c2Br)cc1. The molecule has 0 aliphatic carbocycles. The molecular formula is C14H12BrClN2O. The number of nitrogens with one attached hydrogen (secondary N) is 1. The van der Waals surface area contributed by atoms with Crippen LogP contribution in [0.4, 0.5) is 11.4 Å². The molecule has 1 amide bonds. The quantitative estimate of drug-likeness (QED) is 0.834. The van der Waals surface area contributed by atoms with Crippen LogP contribution in [0.15, 0.2) is 46.9 Å². The molecule has 0 bridgehead atoms. The van der Waals surface area contributed by atoms with Crippen molar-refractivity contribution in [2.45, 2.75) is 6.42 Å². The van der Waals surface area contributed by atoms with Gasteiger partial charge in [-0.1, -0.05) is 29.8 Å². The second-order valence-corrected chi connectivity index (χ2v) is 5.27. The van der Waals surface area contributed by atoms with E-state index in [0.29, 0.717) is 27.3 Å². The number of carbonyl (C=O) groups excluding carboxylic acids is 1. The molecule has 0 saturated carbocycles. The van der Waals surface area contributed by atoms with E-state index in [1.165, 1.54) is 0 Å². The molecule has 3 nitrogen and oxygen atoms in total. The molecule has 2 aromatic carbocycles. The van der Waals surface area contributed by atoms with Crippen molar-refractivity contribution >= 4 is 44.8 Å². The zero-order valence-corrected chi connectivity index (χ0v) is 12.3. The minimum atomic E-state index is -0.104.